The summed E-state index contributed by atoms with van der Waals surface area (Å²) in [5.74, 6) is 0.706. The van der Waals surface area contributed by atoms with Crippen LogP contribution in [0.4, 0.5) is 0 Å². The Kier molecular flexibility index (Phi) is 5.77. The van der Waals surface area contributed by atoms with Crippen LogP contribution >= 0.6 is 0 Å². The first kappa shape index (κ1) is 13.5. The van der Waals surface area contributed by atoms with E-state index in [1.54, 1.807) is 0 Å². The minimum atomic E-state index is 0.119. The molecule has 1 heterocycles. The Morgan fingerprint density at radius 1 is 1.56 bits per heavy atom. The smallest absolute Gasteiger partial charge is 0.248 e. The van der Waals surface area contributed by atoms with E-state index in [-0.39, 0.29) is 18.6 Å². The lowest BCUT2D eigenvalue weighted by atomic mass is 9.95. The van der Waals surface area contributed by atoms with Gasteiger partial charge in [0.1, 0.15) is 6.61 Å². The molecule has 1 unspecified atom stereocenters. The second kappa shape index (κ2) is 6.86. The maximum absolute atomic E-state index is 11.8. The van der Waals surface area contributed by atoms with Gasteiger partial charge < -0.3 is 15.4 Å². The van der Waals surface area contributed by atoms with Gasteiger partial charge >= 0.3 is 0 Å². The quantitative estimate of drug-likeness (QED) is 0.763. The molecule has 1 aliphatic rings. The van der Waals surface area contributed by atoms with Crippen molar-refractivity contribution in [3.63, 3.8) is 0 Å². The highest BCUT2D eigenvalue weighted by molar-refractivity contribution is 5.77. The van der Waals surface area contributed by atoms with Crippen molar-refractivity contribution in [1.82, 2.24) is 4.90 Å². The molecule has 1 aliphatic heterocycles. The van der Waals surface area contributed by atoms with Crippen LogP contribution in [0.25, 0.3) is 0 Å². The van der Waals surface area contributed by atoms with Crippen molar-refractivity contribution in [3.8, 4) is 0 Å². The van der Waals surface area contributed by atoms with Gasteiger partial charge in [-0.1, -0.05) is 0 Å². The summed E-state index contributed by atoms with van der Waals surface area (Å²) in [7, 11) is 0. The van der Waals surface area contributed by atoms with Gasteiger partial charge in [0, 0.05) is 13.1 Å². The molecule has 1 amide bonds. The molecule has 1 saturated heterocycles. The molecule has 0 aliphatic carbocycles. The third-order valence-corrected chi connectivity index (χ3v) is 2.99. The van der Waals surface area contributed by atoms with Crippen LogP contribution in [0.2, 0.25) is 0 Å². The van der Waals surface area contributed by atoms with Gasteiger partial charge in [0.2, 0.25) is 5.91 Å². The summed E-state index contributed by atoms with van der Waals surface area (Å²) in [6.45, 7) is 6.56. The zero-order valence-electron chi connectivity index (χ0n) is 10.4. The number of rotatable bonds is 5. The fraction of sp³-hybridized carbons (Fsp3) is 0.917. The first-order chi connectivity index (χ1) is 7.63. The van der Waals surface area contributed by atoms with Gasteiger partial charge in [-0.15, -0.1) is 0 Å². The van der Waals surface area contributed by atoms with Gasteiger partial charge in [0.05, 0.1) is 6.10 Å². The predicted octanol–water partition coefficient (Wildman–Crippen LogP) is 0.999. The van der Waals surface area contributed by atoms with E-state index in [9.17, 15) is 4.79 Å². The lowest BCUT2D eigenvalue weighted by Gasteiger charge is -2.32. The normalized spacial score (nSPS) is 21.5. The Morgan fingerprint density at radius 2 is 2.31 bits per heavy atom. The molecular weight excluding hydrogens is 204 g/mol. The van der Waals surface area contributed by atoms with Crippen molar-refractivity contribution in [2.75, 3.05) is 26.2 Å². The van der Waals surface area contributed by atoms with Gasteiger partial charge in [-0.3, -0.25) is 4.79 Å². The minimum absolute atomic E-state index is 0.119. The van der Waals surface area contributed by atoms with Crippen LogP contribution < -0.4 is 5.73 Å². The SMILES string of the molecule is CC(C)OCC(=O)N1CCCC(CCN)C1. The molecule has 0 spiro atoms. The summed E-state index contributed by atoms with van der Waals surface area (Å²) >= 11 is 0. The number of carbonyl (C=O) groups is 1. The maximum atomic E-state index is 11.8. The van der Waals surface area contributed by atoms with E-state index in [0.29, 0.717) is 5.92 Å². The number of nitrogens with two attached hydrogens (primary N) is 1. The molecule has 0 aromatic rings. The van der Waals surface area contributed by atoms with Crippen molar-refractivity contribution >= 4 is 5.91 Å². The summed E-state index contributed by atoms with van der Waals surface area (Å²) in [5, 5.41) is 0. The van der Waals surface area contributed by atoms with Gasteiger partial charge in [-0.05, 0) is 45.6 Å². The molecule has 2 N–H and O–H groups in total. The summed E-state index contributed by atoms with van der Waals surface area (Å²) in [5.41, 5.74) is 5.55. The number of piperidine rings is 1. The zero-order chi connectivity index (χ0) is 12.0. The Balaban J connectivity index is 2.32. The average Bonchev–Trinajstić information content (AvgIpc) is 2.26. The first-order valence-electron chi connectivity index (χ1n) is 6.23. The number of likely N-dealkylation sites (tertiary alicyclic amines) is 1. The Morgan fingerprint density at radius 3 is 2.94 bits per heavy atom. The largest absolute Gasteiger partial charge is 0.369 e. The lowest BCUT2D eigenvalue weighted by molar-refractivity contribution is -0.139. The third-order valence-electron chi connectivity index (χ3n) is 2.99. The highest BCUT2D eigenvalue weighted by Crippen LogP contribution is 2.19. The Hall–Kier alpha value is -0.610. The fourth-order valence-electron chi connectivity index (χ4n) is 2.09. The van der Waals surface area contributed by atoms with Crippen molar-refractivity contribution in [2.24, 2.45) is 11.7 Å². The summed E-state index contributed by atoms with van der Waals surface area (Å²) < 4.78 is 5.34. The highest BCUT2D eigenvalue weighted by atomic mass is 16.5. The standard InChI is InChI=1S/C12H24N2O2/c1-10(2)16-9-12(15)14-7-3-4-11(8-14)5-6-13/h10-11H,3-9,13H2,1-2H3. The molecule has 1 rings (SSSR count). The number of hydrogen-bond acceptors (Lipinski definition) is 3. The van der Waals surface area contributed by atoms with Gasteiger partial charge in [-0.25, -0.2) is 0 Å². The van der Waals surface area contributed by atoms with Gasteiger partial charge in [0.25, 0.3) is 0 Å². The van der Waals surface area contributed by atoms with Gasteiger partial charge in [0.15, 0.2) is 0 Å². The second-order valence-corrected chi connectivity index (χ2v) is 4.79. The molecule has 4 nitrogen and oxygen atoms in total. The summed E-state index contributed by atoms with van der Waals surface area (Å²) in [6.07, 6.45) is 3.44. The summed E-state index contributed by atoms with van der Waals surface area (Å²) in [4.78, 5) is 13.7. The van der Waals surface area contributed by atoms with E-state index in [1.165, 1.54) is 6.42 Å². The molecule has 4 heteroatoms. The fourth-order valence-corrected chi connectivity index (χ4v) is 2.09. The molecule has 16 heavy (non-hydrogen) atoms. The van der Waals surface area contributed by atoms with Crippen LogP contribution in [0.5, 0.6) is 0 Å². The van der Waals surface area contributed by atoms with Crippen molar-refractivity contribution in [3.05, 3.63) is 0 Å². The average molecular weight is 228 g/mol. The van der Waals surface area contributed by atoms with E-state index in [1.807, 2.05) is 18.7 Å². The second-order valence-electron chi connectivity index (χ2n) is 4.79. The van der Waals surface area contributed by atoms with Gasteiger partial charge in [-0.2, -0.15) is 0 Å². The van der Waals surface area contributed by atoms with E-state index in [2.05, 4.69) is 0 Å². The van der Waals surface area contributed by atoms with Crippen LogP contribution in [0, 0.1) is 5.92 Å². The number of ether oxygens (including phenoxy) is 1. The molecule has 0 radical (unpaired) electrons. The van der Waals surface area contributed by atoms with Crippen molar-refractivity contribution in [2.45, 2.75) is 39.2 Å². The molecule has 0 bridgehead atoms. The van der Waals surface area contributed by atoms with Crippen molar-refractivity contribution in [1.29, 1.82) is 0 Å². The minimum Gasteiger partial charge on any atom is -0.369 e. The number of carbonyl (C=O) groups excluding carboxylic acids is 1. The van der Waals surface area contributed by atoms with E-state index >= 15 is 0 Å². The van der Waals surface area contributed by atoms with Crippen LogP contribution in [0.3, 0.4) is 0 Å². The molecule has 94 valence electrons. The number of hydrogen-bond donors (Lipinski definition) is 1. The van der Waals surface area contributed by atoms with E-state index < -0.39 is 0 Å². The Bertz CT molecular complexity index is 217. The first-order valence-corrected chi connectivity index (χ1v) is 6.23. The molecule has 0 aromatic heterocycles. The van der Waals surface area contributed by atoms with Crippen LogP contribution in [-0.4, -0.2) is 43.2 Å². The van der Waals surface area contributed by atoms with Crippen molar-refractivity contribution < 1.29 is 9.53 Å². The molecule has 0 saturated carbocycles. The number of amides is 1. The van der Waals surface area contributed by atoms with E-state index in [0.717, 1.165) is 32.5 Å². The molecule has 1 fully saturated rings. The van der Waals surface area contributed by atoms with Crippen LogP contribution in [0.1, 0.15) is 33.1 Å². The van der Waals surface area contributed by atoms with E-state index in [4.69, 9.17) is 10.5 Å². The zero-order valence-corrected chi connectivity index (χ0v) is 10.4. The lowest BCUT2D eigenvalue weighted by Crippen LogP contribution is -2.42. The van der Waals surface area contributed by atoms with Crippen LogP contribution in [0.15, 0.2) is 0 Å². The third kappa shape index (κ3) is 4.49. The maximum Gasteiger partial charge on any atom is 0.248 e. The summed E-state index contributed by atoms with van der Waals surface area (Å²) in [6, 6.07) is 0. The molecule has 0 aromatic carbocycles. The monoisotopic (exact) mass is 228 g/mol. The topological polar surface area (TPSA) is 55.6 Å². The van der Waals surface area contributed by atoms with Crippen LogP contribution in [-0.2, 0) is 9.53 Å². The molecule has 1 atom stereocenters. The predicted molar refractivity (Wildman–Crippen MR) is 64.1 cm³/mol. The molecular formula is C12H24N2O2. The highest BCUT2D eigenvalue weighted by Gasteiger charge is 2.23. The number of nitrogens with zero attached hydrogens (tertiary/aromatic N) is 1. The Labute approximate surface area is 98.1 Å².